The Morgan fingerprint density at radius 2 is 1.89 bits per heavy atom. The second-order valence-electron chi connectivity index (χ2n) is 10.5. The van der Waals surface area contributed by atoms with Crippen molar-refractivity contribution in [3.8, 4) is 0 Å². The Bertz CT molecular complexity index is 847. The van der Waals surface area contributed by atoms with E-state index < -0.39 is 0 Å². The van der Waals surface area contributed by atoms with E-state index in [4.69, 9.17) is 0 Å². The average Bonchev–Trinajstić information content (AvgIpc) is 3.02. The van der Waals surface area contributed by atoms with Crippen LogP contribution in [0.1, 0.15) is 71.3 Å². The van der Waals surface area contributed by atoms with E-state index >= 15 is 0 Å². The summed E-state index contributed by atoms with van der Waals surface area (Å²) in [5, 5.41) is 0. The molecule has 1 aromatic heterocycles. The molecule has 2 nitrogen and oxygen atoms in total. The van der Waals surface area contributed by atoms with Gasteiger partial charge in [-0.25, -0.2) is 4.39 Å². The normalized spacial score (nSPS) is 45.1. The van der Waals surface area contributed by atoms with Gasteiger partial charge in [0.2, 0.25) is 0 Å². The van der Waals surface area contributed by atoms with Crippen LogP contribution in [0.15, 0.2) is 24.5 Å². The van der Waals surface area contributed by atoms with Crippen LogP contribution in [0.2, 0.25) is 0 Å². The summed E-state index contributed by atoms with van der Waals surface area (Å²) in [6.45, 7) is 7.10. The molecule has 0 N–H and O–H groups in total. The summed E-state index contributed by atoms with van der Waals surface area (Å²) < 4.78 is 13.8. The van der Waals surface area contributed by atoms with Crippen molar-refractivity contribution in [2.24, 2.45) is 40.4 Å². The molecule has 2 unspecified atom stereocenters. The van der Waals surface area contributed by atoms with E-state index in [1.54, 1.807) is 6.07 Å². The minimum atomic E-state index is -0.243. The van der Waals surface area contributed by atoms with Gasteiger partial charge in [-0.3, -0.25) is 9.78 Å². The quantitative estimate of drug-likeness (QED) is 0.591. The first-order valence-corrected chi connectivity index (χ1v) is 11.2. The third-order valence-corrected chi connectivity index (χ3v) is 9.56. The molecule has 150 valence electrons. The lowest BCUT2D eigenvalue weighted by Crippen LogP contribution is -2.55. The number of hydrogen-bond donors (Lipinski definition) is 0. The highest BCUT2D eigenvalue weighted by atomic mass is 19.1. The third kappa shape index (κ3) is 2.44. The van der Waals surface area contributed by atoms with Crippen molar-refractivity contribution >= 4 is 11.4 Å². The van der Waals surface area contributed by atoms with Crippen molar-refractivity contribution in [1.29, 1.82) is 0 Å². The fraction of sp³-hybridized carbons (Fsp3) is 0.680. The standard InChI is InChI=1S/C25H32FNO/c1-15-19-5-4-18-21-7-6-20(16-12-17(26)14-27-13-16)25(21,3)10-8-22(18)24(19,2)11-9-23(15)28/h6,12-15,18-19,21-22H,4-5,7-11H2,1-3H3/t15?,18-,19?,21-,22-,24-,25+/m0/s1. The van der Waals surface area contributed by atoms with Gasteiger partial charge in [-0.15, -0.1) is 0 Å². The van der Waals surface area contributed by atoms with Crippen molar-refractivity contribution in [1.82, 2.24) is 4.98 Å². The summed E-state index contributed by atoms with van der Waals surface area (Å²) in [5.74, 6) is 3.17. The largest absolute Gasteiger partial charge is 0.299 e. The van der Waals surface area contributed by atoms with Crippen molar-refractivity contribution in [3.63, 3.8) is 0 Å². The number of carbonyl (C=O) groups is 1. The van der Waals surface area contributed by atoms with E-state index in [0.717, 1.165) is 36.7 Å². The topological polar surface area (TPSA) is 30.0 Å². The van der Waals surface area contributed by atoms with E-state index in [2.05, 4.69) is 31.8 Å². The zero-order valence-electron chi connectivity index (χ0n) is 17.4. The Morgan fingerprint density at radius 1 is 1.07 bits per heavy atom. The third-order valence-electron chi connectivity index (χ3n) is 9.56. The number of hydrogen-bond acceptors (Lipinski definition) is 2. The molecule has 0 aromatic carbocycles. The van der Waals surface area contributed by atoms with Crippen LogP contribution in [0, 0.1) is 46.2 Å². The minimum Gasteiger partial charge on any atom is -0.299 e. The summed E-state index contributed by atoms with van der Waals surface area (Å²) in [6.07, 6.45) is 13.3. The SMILES string of the molecule is CC1C(=O)CC[C@@]2(C)C1CC[C@@H]1[C@@H]2CC[C@]2(C)C(c3cncc(F)c3)=CC[C@@H]12. The molecular formula is C25H32FNO. The van der Waals surface area contributed by atoms with E-state index in [9.17, 15) is 9.18 Å². The zero-order chi connectivity index (χ0) is 19.7. The number of fused-ring (bicyclic) bond motifs is 5. The van der Waals surface area contributed by atoms with Gasteiger partial charge in [-0.1, -0.05) is 26.8 Å². The lowest BCUT2D eigenvalue weighted by Gasteiger charge is -2.61. The predicted octanol–water partition coefficient (Wildman–Crippen LogP) is 6.07. The Hall–Kier alpha value is -1.51. The minimum absolute atomic E-state index is 0.135. The molecule has 3 fully saturated rings. The molecule has 4 aliphatic rings. The molecule has 3 saturated carbocycles. The van der Waals surface area contributed by atoms with Crippen LogP contribution in [0.4, 0.5) is 4.39 Å². The second kappa shape index (κ2) is 6.24. The number of ketones is 1. The molecule has 28 heavy (non-hydrogen) atoms. The molecule has 1 aromatic rings. The first-order valence-electron chi connectivity index (χ1n) is 11.2. The Morgan fingerprint density at radius 3 is 2.68 bits per heavy atom. The average molecular weight is 382 g/mol. The van der Waals surface area contributed by atoms with Crippen LogP contribution in [0.25, 0.3) is 5.57 Å². The molecule has 0 radical (unpaired) electrons. The lowest BCUT2D eigenvalue weighted by atomic mass is 9.43. The van der Waals surface area contributed by atoms with Gasteiger partial charge in [0, 0.05) is 18.5 Å². The lowest BCUT2D eigenvalue weighted by molar-refractivity contribution is -0.146. The van der Waals surface area contributed by atoms with Crippen LogP contribution in [0.5, 0.6) is 0 Å². The first-order chi connectivity index (χ1) is 13.3. The summed E-state index contributed by atoms with van der Waals surface area (Å²) in [7, 11) is 0. The highest BCUT2D eigenvalue weighted by Gasteiger charge is 2.59. The molecule has 5 rings (SSSR count). The summed E-state index contributed by atoms with van der Waals surface area (Å²) in [4.78, 5) is 16.5. The van der Waals surface area contributed by atoms with Crippen LogP contribution < -0.4 is 0 Å². The highest BCUT2D eigenvalue weighted by Crippen LogP contribution is 2.67. The van der Waals surface area contributed by atoms with Gasteiger partial charge >= 0.3 is 0 Å². The number of pyridine rings is 1. The van der Waals surface area contributed by atoms with Gasteiger partial charge in [0.25, 0.3) is 0 Å². The molecule has 1 heterocycles. The maximum Gasteiger partial charge on any atom is 0.142 e. The van der Waals surface area contributed by atoms with Crippen LogP contribution >= 0.6 is 0 Å². The smallest absolute Gasteiger partial charge is 0.142 e. The molecule has 3 heteroatoms. The van der Waals surface area contributed by atoms with Gasteiger partial charge in [0.15, 0.2) is 0 Å². The molecule has 7 atom stereocenters. The monoisotopic (exact) mass is 381 g/mol. The highest BCUT2D eigenvalue weighted by molar-refractivity contribution is 5.82. The van der Waals surface area contributed by atoms with Gasteiger partial charge in [-0.2, -0.15) is 0 Å². The fourth-order valence-electron chi connectivity index (χ4n) is 8.10. The number of nitrogens with zero attached hydrogens (tertiary/aromatic N) is 1. The first kappa shape index (κ1) is 18.5. The van der Waals surface area contributed by atoms with Crippen LogP contribution in [0.3, 0.4) is 0 Å². The number of carbonyl (C=O) groups excluding carboxylic acids is 1. The summed E-state index contributed by atoms with van der Waals surface area (Å²) in [5.41, 5.74) is 2.75. The molecule has 4 aliphatic carbocycles. The summed E-state index contributed by atoms with van der Waals surface area (Å²) in [6, 6.07) is 1.66. The Kier molecular flexibility index (Phi) is 4.13. The molecule has 0 amide bonds. The fourth-order valence-corrected chi connectivity index (χ4v) is 8.10. The Balaban J connectivity index is 1.46. The maximum atomic E-state index is 13.8. The van der Waals surface area contributed by atoms with E-state index in [0.29, 0.717) is 23.0 Å². The van der Waals surface area contributed by atoms with E-state index in [1.165, 1.54) is 37.5 Å². The molecule has 0 bridgehead atoms. The molecule has 0 saturated heterocycles. The number of halogens is 1. The Labute approximate surface area is 168 Å². The van der Waals surface area contributed by atoms with Gasteiger partial charge in [0.05, 0.1) is 6.20 Å². The number of aromatic nitrogens is 1. The maximum absolute atomic E-state index is 13.8. The summed E-state index contributed by atoms with van der Waals surface area (Å²) >= 11 is 0. The zero-order valence-corrected chi connectivity index (χ0v) is 17.4. The van der Waals surface area contributed by atoms with Gasteiger partial charge < -0.3 is 0 Å². The van der Waals surface area contributed by atoms with Crippen LogP contribution in [-0.2, 0) is 4.79 Å². The number of Topliss-reactive ketones (excluding diaryl/α,β-unsaturated/α-hetero) is 1. The predicted molar refractivity (Wildman–Crippen MR) is 109 cm³/mol. The number of rotatable bonds is 1. The van der Waals surface area contributed by atoms with Crippen molar-refractivity contribution in [2.75, 3.05) is 0 Å². The number of allylic oxidation sites excluding steroid dienone is 2. The van der Waals surface area contributed by atoms with Crippen LogP contribution in [-0.4, -0.2) is 10.8 Å². The van der Waals surface area contributed by atoms with E-state index in [-0.39, 0.29) is 17.2 Å². The molecular weight excluding hydrogens is 349 g/mol. The molecule has 0 aliphatic heterocycles. The van der Waals surface area contributed by atoms with Crippen molar-refractivity contribution in [2.45, 2.75) is 65.7 Å². The van der Waals surface area contributed by atoms with E-state index in [1.807, 2.05) is 6.20 Å². The van der Waals surface area contributed by atoms with Gasteiger partial charge in [-0.05, 0) is 90.2 Å². The van der Waals surface area contributed by atoms with Gasteiger partial charge in [0.1, 0.15) is 11.6 Å². The molecule has 0 spiro atoms. The second-order valence-corrected chi connectivity index (χ2v) is 10.5. The van der Waals surface area contributed by atoms with Crippen molar-refractivity contribution in [3.05, 3.63) is 35.9 Å². The van der Waals surface area contributed by atoms with Crippen molar-refractivity contribution < 1.29 is 9.18 Å².